The average Bonchev–Trinajstić information content (AvgIpc) is 2.45. The molecule has 0 saturated heterocycles. The van der Waals surface area contributed by atoms with E-state index in [-0.39, 0.29) is 0 Å². The van der Waals surface area contributed by atoms with Gasteiger partial charge in [-0.15, -0.1) is 0 Å². The van der Waals surface area contributed by atoms with Crippen LogP contribution in [0.1, 0.15) is 47.8 Å². The third kappa shape index (κ3) is 3.61. The highest BCUT2D eigenvalue weighted by atomic mass is 14.9. The molecular formula is C18H21N3. The van der Waals surface area contributed by atoms with Crippen LogP contribution in [0, 0.1) is 25.2 Å². The number of aryl methyl sites for hydroxylation is 2. The third-order valence-corrected chi connectivity index (χ3v) is 3.57. The minimum Gasteiger partial charge on any atom is -0.380 e. The molecule has 0 saturated carbocycles. The summed E-state index contributed by atoms with van der Waals surface area (Å²) in [5.74, 6) is 0.544. The van der Waals surface area contributed by atoms with Gasteiger partial charge in [0.25, 0.3) is 0 Å². The molecule has 0 aliphatic carbocycles. The number of hydrogen-bond donors (Lipinski definition) is 1. The van der Waals surface area contributed by atoms with Crippen molar-refractivity contribution in [3.05, 3.63) is 58.4 Å². The summed E-state index contributed by atoms with van der Waals surface area (Å²) in [4.78, 5) is 4.33. The van der Waals surface area contributed by atoms with Gasteiger partial charge in [0.05, 0.1) is 16.9 Å². The van der Waals surface area contributed by atoms with Crippen molar-refractivity contribution < 1.29 is 0 Å². The first-order valence-electron chi connectivity index (χ1n) is 7.22. The van der Waals surface area contributed by atoms with Crippen LogP contribution >= 0.6 is 0 Å². The van der Waals surface area contributed by atoms with Crippen LogP contribution in [-0.4, -0.2) is 4.98 Å². The number of benzene rings is 1. The summed E-state index contributed by atoms with van der Waals surface area (Å²) in [6.07, 6.45) is 0. The van der Waals surface area contributed by atoms with Gasteiger partial charge in [0.1, 0.15) is 6.07 Å². The van der Waals surface area contributed by atoms with Gasteiger partial charge in [-0.1, -0.05) is 38.1 Å². The van der Waals surface area contributed by atoms with Gasteiger partial charge in [-0.05, 0) is 37.0 Å². The summed E-state index contributed by atoms with van der Waals surface area (Å²) in [7, 11) is 0. The highest BCUT2D eigenvalue weighted by molar-refractivity contribution is 5.60. The molecule has 0 unspecified atom stereocenters. The maximum Gasteiger partial charge on any atom is 0.103 e. The van der Waals surface area contributed by atoms with E-state index in [1.165, 1.54) is 11.1 Å². The van der Waals surface area contributed by atoms with Crippen LogP contribution in [0.3, 0.4) is 0 Å². The summed E-state index contributed by atoms with van der Waals surface area (Å²) in [6, 6.07) is 12.7. The Labute approximate surface area is 126 Å². The predicted molar refractivity (Wildman–Crippen MR) is 86.3 cm³/mol. The Morgan fingerprint density at radius 1 is 1.19 bits per heavy atom. The number of aromatic nitrogens is 1. The van der Waals surface area contributed by atoms with Gasteiger partial charge in [-0.2, -0.15) is 5.26 Å². The molecule has 0 atom stereocenters. The molecule has 1 N–H and O–H groups in total. The van der Waals surface area contributed by atoms with Crippen LogP contribution in [0.2, 0.25) is 0 Å². The van der Waals surface area contributed by atoms with E-state index in [4.69, 9.17) is 0 Å². The van der Waals surface area contributed by atoms with E-state index < -0.39 is 0 Å². The summed E-state index contributed by atoms with van der Waals surface area (Å²) in [5, 5.41) is 12.6. The molecule has 0 radical (unpaired) electrons. The van der Waals surface area contributed by atoms with E-state index in [9.17, 15) is 5.26 Å². The largest absolute Gasteiger partial charge is 0.380 e. The summed E-state index contributed by atoms with van der Waals surface area (Å²) in [5.41, 5.74) is 5.72. The first-order chi connectivity index (χ1) is 10.0. The Bertz CT molecular complexity index is 664. The van der Waals surface area contributed by atoms with Gasteiger partial charge >= 0.3 is 0 Å². The third-order valence-electron chi connectivity index (χ3n) is 3.57. The Balaban J connectivity index is 2.15. The van der Waals surface area contributed by atoms with Gasteiger partial charge in [0.2, 0.25) is 0 Å². The lowest BCUT2D eigenvalue weighted by Crippen LogP contribution is -2.04. The van der Waals surface area contributed by atoms with Crippen LogP contribution in [0.15, 0.2) is 30.3 Å². The number of nitriles is 1. The Hall–Kier alpha value is -2.34. The van der Waals surface area contributed by atoms with Crippen molar-refractivity contribution in [2.75, 3.05) is 5.32 Å². The molecule has 3 nitrogen and oxygen atoms in total. The normalized spacial score (nSPS) is 10.5. The number of nitrogens with one attached hydrogen (secondary N) is 1. The van der Waals surface area contributed by atoms with Crippen molar-refractivity contribution in [1.29, 1.82) is 5.26 Å². The van der Waals surface area contributed by atoms with Crippen LogP contribution < -0.4 is 5.32 Å². The fourth-order valence-corrected chi connectivity index (χ4v) is 2.33. The van der Waals surface area contributed by atoms with Gasteiger partial charge < -0.3 is 5.32 Å². The first-order valence-corrected chi connectivity index (χ1v) is 7.22. The maximum atomic E-state index is 9.25. The monoisotopic (exact) mass is 279 g/mol. The second kappa shape index (κ2) is 6.41. The van der Waals surface area contributed by atoms with E-state index in [0.717, 1.165) is 17.1 Å². The first kappa shape index (κ1) is 15.1. The highest BCUT2D eigenvalue weighted by Crippen LogP contribution is 2.20. The van der Waals surface area contributed by atoms with E-state index in [1.807, 2.05) is 19.9 Å². The zero-order valence-corrected chi connectivity index (χ0v) is 13.1. The van der Waals surface area contributed by atoms with E-state index in [2.05, 4.69) is 54.5 Å². The van der Waals surface area contributed by atoms with Gasteiger partial charge in [0.15, 0.2) is 0 Å². The van der Waals surface area contributed by atoms with Crippen LogP contribution in [0.25, 0.3) is 0 Å². The smallest absolute Gasteiger partial charge is 0.103 e. The zero-order chi connectivity index (χ0) is 15.4. The molecule has 1 aromatic heterocycles. The molecule has 0 amide bonds. The van der Waals surface area contributed by atoms with Gasteiger partial charge in [0, 0.05) is 12.2 Å². The minimum atomic E-state index is 0.544. The molecule has 1 heterocycles. The average molecular weight is 279 g/mol. The molecule has 108 valence electrons. The number of nitrogens with zero attached hydrogens (tertiary/aromatic N) is 2. The molecule has 2 aromatic rings. The van der Waals surface area contributed by atoms with Crippen LogP contribution in [-0.2, 0) is 6.54 Å². The number of hydrogen-bond acceptors (Lipinski definition) is 3. The topological polar surface area (TPSA) is 48.7 Å². The standard InChI is InChI=1S/C18H21N3/c1-12(2)16-7-5-15(6-8-16)11-20-18-9-13(3)21-14(4)17(18)10-19/h5-9,12H,11H2,1-4H3,(H,20,21). The zero-order valence-electron chi connectivity index (χ0n) is 13.1. The fourth-order valence-electron chi connectivity index (χ4n) is 2.33. The maximum absolute atomic E-state index is 9.25. The van der Waals surface area contributed by atoms with Crippen molar-refractivity contribution in [3.8, 4) is 6.07 Å². The quantitative estimate of drug-likeness (QED) is 0.907. The van der Waals surface area contributed by atoms with Gasteiger partial charge in [-0.3, -0.25) is 4.98 Å². The lowest BCUT2D eigenvalue weighted by molar-refractivity contribution is 0.865. The fraction of sp³-hybridized carbons (Fsp3) is 0.333. The number of rotatable bonds is 4. The van der Waals surface area contributed by atoms with E-state index in [1.54, 1.807) is 0 Å². The van der Waals surface area contributed by atoms with Crippen molar-refractivity contribution >= 4 is 5.69 Å². The molecule has 2 rings (SSSR count). The van der Waals surface area contributed by atoms with Crippen molar-refractivity contribution in [3.63, 3.8) is 0 Å². The second-order valence-electron chi connectivity index (χ2n) is 5.63. The van der Waals surface area contributed by atoms with Crippen LogP contribution in [0.4, 0.5) is 5.69 Å². The van der Waals surface area contributed by atoms with Crippen LogP contribution in [0.5, 0.6) is 0 Å². The van der Waals surface area contributed by atoms with Crippen molar-refractivity contribution in [2.45, 2.75) is 40.2 Å². The molecule has 0 fully saturated rings. The Morgan fingerprint density at radius 2 is 1.86 bits per heavy atom. The molecule has 0 aliphatic heterocycles. The molecule has 0 aliphatic rings. The SMILES string of the molecule is Cc1cc(NCc2ccc(C(C)C)cc2)c(C#N)c(C)n1. The Kier molecular flexibility index (Phi) is 4.59. The number of pyridine rings is 1. The van der Waals surface area contributed by atoms with E-state index in [0.29, 0.717) is 18.0 Å². The molecule has 0 spiro atoms. The number of anilines is 1. The molecule has 1 aromatic carbocycles. The second-order valence-corrected chi connectivity index (χ2v) is 5.63. The predicted octanol–water partition coefficient (Wildman–Crippen LogP) is 4.31. The lowest BCUT2D eigenvalue weighted by Gasteiger charge is -2.12. The lowest BCUT2D eigenvalue weighted by atomic mass is 10.0. The summed E-state index contributed by atoms with van der Waals surface area (Å²) < 4.78 is 0. The summed E-state index contributed by atoms with van der Waals surface area (Å²) >= 11 is 0. The summed E-state index contributed by atoms with van der Waals surface area (Å²) in [6.45, 7) is 8.89. The highest BCUT2D eigenvalue weighted by Gasteiger charge is 2.07. The molecule has 3 heteroatoms. The minimum absolute atomic E-state index is 0.544. The Morgan fingerprint density at radius 3 is 2.43 bits per heavy atom. The molecular weight excluding hydrogens is 258 g/mol. The molecule has 21 heavy (non-hydrogen) atoms. The molecule has 0 bridgehead atoms. The van der Waals surface area contributed by atoms with Gasteiger partial charge in [-0.25, -0.2) is 0 Å². The van der Waals surface area contributed by atoms with E-state index >= 15 is 0 Å². The van der Waals surface area contributed by atoms with Crippen molar-refractivity contribution in [2.24, 2.45) is 0 Å². The van der Waals surface area contributed by atoms with Crippen molar-refractivity contribution in [1.82, 2.24) is 4.98 Å².